The van der Waals surface area contributed by atoms with E-state index in [1.807, 2.05) is 18.2 Å². The zero-order valence-electron chi connectivity index (χ0n) is 11.5. The summed E-state index contributed by atoms with van der Waals surface area (Å²) in [4.78, 5) is 4.45. The summed E-state index contributed by atoms with van der Waals surface area (Å²) in [6.45, 7) is 0. The van der Waals surface area contributed by atoms with Gasteiger partial charge in [-0.05, 0) is 48.5 Å². The Labute approximate surface area is 128 Å². The molecule has 0 amide bonds. The fraction of sp³-hybridized carbons (Fsp3) is 0. The number of aromatic nitrogens is 1. The van der Waals surface area contributed by atoms with Crippen molar-refractivity contribution >= 4 is 9.84 Å². The molecule has 0 bridgehead atoms. The molecule has 0 aliphatic carbocycles. The van der Waals surface area contributed by atoms with Gasteiger partial charge in [0.1, 0.15) is 5.82 Å². The van der Waals surface area contributed by atoms with Gasteiger partial charge in [0.05, 0.1) is 15.5 Å². The molecule has 110 valence electrons. The van der Waals surface area contributed by atoms with Gasteiger partial charge in [-0.25, -0.2) is 12.8 Å². The molecule has 0 aliphatic heterocycles. The number of hydrogen-bond donors (Lipinski definition) is 0. The van der Waals surface area contributed by atoms with Crippen molar-refractivity contribution in [2.45, 2.75) is 9.79 Å². The quantitative estimate of drug-likeness (QED) is 0.692. The highest BCUT2D eigenvalue weighted by atomic mass is 32.2. The summed E-state index contributed by atoms with van der Waals surface area (Å²) >= 11 is 0. The zero-order valence-corrected chi connectivity index (χ0v) is 12.3. The molecule has 0 saturated carbocycles. The van der Waals surface area contributed by atoms with Crippen LogP contribution in [-0.4, -0.2) is 13.4 Å². The molecule has 0 N–H and O–H groups in total. The number of benzene rings is 2. The van der Waals surface area contributed by atoms with E-state index in [9.17, 15) is 12.8 Å². The third-order valence-electron chi connectivity index (χ3n) is 3.25. The lowest BCUT2D eigenvalue weighted by molar-refractivity contribution is 0.595. The number of sulfone groups is 1. The van der Waals surface area contributed by atoms with Crippen LogP contribution in [0.25, 0.3) is 11.3 Å². The average Bonchev–Trinajstić information content (AvgIpc) is 2.56. The Morgan fingerprint density at radius 2 is 1.36 bits per heavy atom. The highest BCUT2D eigenvalue weighted by molar-refractivity contribution is 7.91. The van der Waals surface area contributed by atoms with Crippen LogP contribution in [-0.2, 0) is 9.84 Å². The molecule has 1 aromatic heterocycles. The smallest absolute Gasteiger partial charge is 0.206 e. The van der Waals surface area contributed by atoms with Crippen LogP contribution in [0.4, 0.5) is 4.39 Å². The Bertz CT molecular complexity index is 874. The minimum Gasteiger partial charge on any atom is -0.256 e. The van der Waals surface area contributed by atoms with E-state index < -0.39 is 15.7 Å². The number of rotatable bonds is 3. The van der Waals surface area contributed by atoms with Gasteiger partial charge >= 0.3 is 0 Å². The van der Waals surface area contributed by atoms with Gasteiger partial charge in [0.2, 0.25) is 9.84 Å². The number of hydrogen-bond acceptors (Lipinski definition) is 3. The fourth-order valence-electron chi connectivity index (χ4n) is 2.09. The highest BCUT2D eigenvalue weighted by Crippen LogP contribution is 2.24. The van der Waals surface area contributed by atoms with E-state index in [0.717, 1.165) is 23.4 Å². The van der Waals surface area contributed by atoms with E-state index in [-0.39, 0.29) is 9.79 Å². The third kappa shape index (κ3) is 2.76. The van der Waals surface area contributed by atoms with E-state index in [4.69, 9.17) is 0 Å². The maximum atomic E-state index is 12.9. The van der Waals surface area contributed by atoms with Crippen molar-refractivity contribution < 1.29 is 12.8 Å². The molecule has 1 heterocycles. The Kier molecular flexibility index (Phi) is 3.73. The molecular weight excluding hydrogens is 301 g/mol. The van der Waals surface area contributed by atoms with Gasteiger partial charge in [0, 0.05) is 11.8 Å². The van der Waals surface area contributed by atoms with Crippen molar-refractivity contribution in [2.24, 2.45) is 0 Å². The number of pyridine rings is 1. The second-order valence-electron chi connectivity index (χ2n) is 4.70. The normalized spacial score (nSPS) is 11.3. The van der Waals surface area contributed by atoms with Gasteiger partial charge in [-0.3, -0.25) is 4.98 Å². The topological polar surface area (TPSA) is 47.0 Å². The first-order valence-corrected chi connectivity index (χ1v) is 8.08. The molecule has 0 fully saturated rings. The first kappa shape index (κ1) is 14.4. The standard InChI is InChI=1S/C17H12FNO2S/c18-14-6-10-16(11-7-14)22(20,21)15-8-4-13(5-9-15)17-3-1-2-12-19-17/h1-12H. The molecule has 0 spiro atoms. The minimum absolute atomic E-state index is 0.0690. The molecule has 3 nitrogen and oxygen atoms in total. The Morgan fingerprint density at radius 1 is 0.773 bits per heavy atom. The van der Waals surface area contributed by atoms with Crippen molar-refractivity contribution in [3.8, 4) is 11.3 Å². The molecule has 5 heteroatoms. The lowest BCUT2D eigenvalue weighted by Gasteiger charge is -2.06. The molecule has 2 aromatic carbocycles. The molecule has 0 saturated heterocycles. The number of halogens is 1. The first-order valence-electron chi connectivity index (χ1n) is 6.59. The zero-order chi connectivity index (χ0) is 15.6. The summed E-state index contributed by atoms with van der Waals surface area (Å²) in [5, 5.41) is 0. The highest BCUT2D eigenvalue weighted by Gasteiger charge is 2.17. The van der Waals surface area contributed by atoms with Crippen molar-refractivity contribution in [1.82, 2.24) is 4.98 Å². The van der Waals surface area contributed by atoms with Crippen LogP contribution in [0, 0.1) is 5.82 Å². The van der Waals surface area contributed by atoms with Crippen molar-refractivity contribution in [3.63, 3.8) is 0 Å². The molecule has 3 rings (SSSR count). The Morgan fingerprint density at radius 3 is 1.91 bits per heavy atom. The summed E-state index contributed by atoms with van der Waals surface area (Å²) < 4.78 is 37.8. The lowest BCUT2D eigenvalue weighted by Crippen LogP contribution is -2.01. The van der Waals surface area contributed by atoms with Crippen LogP contribution in [0.3, 0.4) is 0 Å². The van der Waals surface area contributed by atoms with Crippen LogP contribution >= 0.6 is 0 Å². The second kappa shape index (κ2) is 5.69. The molecule has 0 radical (unpaired) electrons. The van der Waals surface area contributed by atoms with Crippen LogP contribution in [0.5, 0.6) is 0 Å². The van der Waals surface area contributed by atoms with Crippen LogP contribution in [0.15, 0.2) is 82.7 Å². The summed E-state index contributed by atoms with van der Waals surface area (Å²) in [6, 6.07) is 16.8. The van der Waals surface area contributed by atoms with E-state index in [0.29, 0.717) is 0 Å². The third-order valence-corrected chi connectivity index (χ3v) is 5.03. The molecule has 0 unspecified atom stereocenters. The maximum Gasteiger partial charge on any atom is 0.206 e. The van der Waals surface area contributed by atoms with Gasteiger partial charge in [0.15, 0.2) is 0 Å². The van der Waals surface area contributed by atoms with Gasteiger partial charge < -0.3 is 0 Å². The van der Waals surface area contributed by atoms with Gasteiger partial charge in [0.25, 0.3) is 0 Å². The van der Waals surface area contributed by atoms with Crippen LogP contribution in [0.1, 0.15) is 0 Å². The molecular formula is C17H12FNO2S. The van der Waals surface area contributed by atoms with Gasteiger partial charge in [-0.2, -0.15) is 0 Å². The van der Waals surface area contributed by atoms with Gasteiger partial charge in [-0.15, -0.1) is 0 Å². The average molecular weight is 313 g/mol. The summed E-state index contributed by atoms with van der Waals surface area (Å²) in [6.07, 6.45) is 1.68. The largest absolute Gasteiger partial charge is 0.256 e. The van der Waals surface area contributed by atoms with Crippen LogP contribution < -0.4 is 0 Å². The summed E-state index contributed by atoms with van der Waals surface area (Å²) in [5.74, 6) is -0.468. The minimum atomic E-state index is -3.64. The van der Waals surface area contributed by atoms with Crippen molar-refractivity contribution in [2.75, 3.05) is 0 Å². The Hall–Kier alpha value is -2.53. The lowest BCUT2D eigenvalue weighted by atomic mass is 10.1. The predicted octanol–water partition coefficient (Wildman–Crippen LogP) is 3.72. The summed E-state index contributed by atoms with van der Waals surface area (Å²) in [7, 11) is -3.64. The van der Waals surface area contributed by atoms with E-state index in [1.165, 1.54) is 24.3 Å². The van der Waals surface area contributed by atoms with Crippen LogP contribution in [0.2, 0.25) is 0 Å². The molecule has 0 aliphatic rings. The maximum absolute atomic E-state index is 12.9. The van der Waals surface area contributed by atoms with E-state index >= 15 is 0 Å². The van der Waals surface area contributed by atoms with Gasteiger partial charge in [-0.1, -0.05) is 18.2 Å². The molecule has 0 atom stereocenters. The second-order valence-corrected chi connectivity index (χ2v) is 6.65. The molecule has 22 heavy (non-hydrogen) atoms. The monoisotopic (exact) mass is 313 g/mol. The SMILES string of the molecule is O=S(=O)(c1ccc(F)cc1)c1ccc(-c2ccccn2)cc1. The fourth-order valence-corrected chi connectivity index (χ4v) is 3.35. The predicted molar refractivity (Wildman–Crippen MR) is 81.5 cm³/mol. The first-order chi connectivity index (χ1) is 10.6. The van der Waals surface area contributed by atoms with Crippen molar-refractivity contribution in [3.05, 3.63) is 78.7 Å². The molecule has 3 aromatic rings. The van der Waals surface area contributed by atoms with Crippen molar-refractivity contribution in [1.29, 1.82) is 0 Å². The summed E-state index contributed by atoms with van der Waals surface area (Å²) in [5.41, 5.74) is 1.60. The number of nitrogens with zero attached hydrogens (tertiary/aromatic N) is 1. The van der Waals surface area contributed by atoms with E-state index in [2.05, 4.69) is 4.98 Å². The Balaban J connectivity index is 1.97. The van der Waals surface area contributed by atoms with E-state index in [1.54, 1.807) is 18.3 Å².